The number of rotatable bonds is 4. The van der Waals surface area contributed by atoms with Gasteiger partial charge >= 0.3 is 0 Å². The maximum absolute atomic E-state index is 13.1. The predicted molar refractivity (Wildman–Crippen MR) is 121 cm³/mol. The van der Waals surface area contributed by atoms with Crippen molar-refractivity contribution >= 4 is 16.9 Å². The Balaban J connectivity index is 1.32. The summed E-state index contributed by atoms with van der Waals surface area (Å²) in [5.74, 6) is 1.02. The van der Waals surface area contributed by atoms with Gasteiger partial charge in [-0.05, 0) is 54.7 Å². The molecule has 1 amide bonds. The summed E-state index contributed by atoms with van der Waals surface area (Å²) in [6, 6.07) is 13.7. The number of aromatic hydroxyl groups is 1. The van der Waals surface area contributed by atoms with Crippen LogP contribution >= 0.6 is 0 Å². The van der Waals surface area contributed by atoms with Gasteiger partial charge in [-0.2, -0.15) is 0 Å². The number of likely N-dealkylation sites (tertiary alicyclic amines) is 2. The number of aromatic nitrogens is 2. The molecule has 2 fully saturated rings. The van der Waals surface area contributed by atoms with Crippen molar-refractivity contribution in [1.29, 1.82) is 0 Å². The fourth-order valence-corrected chi connectivity index (χ4v) is 5.55. The van der Waals surface area contributed by atoms with Crippen molar-refractivity contribution in [3.63, 3.8) is 0 Å². The summed E-state index contributed by atoms with van der Waals surface area (Å²) in [6.07, 6.45) is 3.67. The van der Waals surface area contributed by atoms with E-state index < -0.39 is 0 Å². The van der Waals surface area contributed by atoms with E-state index in [4.69, 9.17) is 0 Å². The summed E-state index contributed by atoms with van der Waals surface area (Å²) in [5, 5.41) is 9.73. The average molecular weight is 419 g/mol. The lowest BCUT2D eigenvalue weighted by Crippen LogP contribution is -2.63. The number of carbonyl (C=O) groups is 1. The van der Waals surface area contributed by atoms with Crippen LogP contribution in [0, 0.1) is 11.3 Å². The van der Waals surface area contributed by atoms with Crippen LogP contribution in [0.2, 0.25) is 0 Å². The summed E-state index contributed by atoms with van der Waals surface area (Å²) >= 11 is 0. The standard InChI is InChI=1S/C25H30N4O2/c1-17(2)14-29-15-25(23(29)18-3-6-20(30)7-4-18)9-11-28(12-10-25)24(31)19-5-8-21-22(13-19)27-16-26-21/h3-8,13,16-17,23,30H,9-12,14-15H2,1-2H3,(H,26,27). The third kappa shape index (κ3) is 3.59. The monoisotopic (exact) mass is 418 g/mol. The molecule has 1 aromatic heterocycles. The topological polar surface area (TPSA) is 72.5 Å². The SMILES string of the molecule is CC(C)CN1CC2(CCN(C(=O)c3ccc4nc[nH]c4c3)CC2)C1c1ccc(O)cc1. The summed E-state index contributed by atoms with van der Waals surface area (Å²) in [7, 11) is 0. The largest absolute Gasteiger partial charge is 0.508 e. The molecule has 162 valence electrons. The smallest absolute Gasteiger partial charge is 0.253 e. The van der Waals surface area contributed by atoms with Gasteiger partial charge in [0.25, 0.3) is 5.91 Å². The van der Waals surface area contributed by atoms with E-state index in [0.717, 1.165) is 55.6 Å². The first-order chi connectivity index (χ1) is 14.9. The Bertz CT molecular complexity index is 1080. The Morgan fingerprint density at radius 3 is 2.65 bits per heavy atom. The van der Waals surface area contributed by atoms with Crippen molar-refractivity contribution in [3.8, 4) is 5.75 Å². The highest BCUT2D eigenvalue weighted by Gasteiger charge is 2.54. The molecule has 0 bridgehead atoms. The maximum atomic E-state index is 13.1. The third-order valence-electron chi connectivity index (χ3n) is 6.99. The molecular weight excluding hydrogens is 388 g/mol. The van der Waals surface area contributed by atoms with Crippen LogP contribution in [0.4, 0.5) is 0 Å². The number of aromatic amines is 1. The van der Waals surface area contributed by atoms with E-state index >= 15 is 0 Å². The van der Waals surface area contributed by atoms with Gasteiger partial charge in [-0.15, -0.1) is 0 Å². The molecule has 5 rings (SSSR count). The Hall–Kier alpha value is -2.86. The molecule has 1 spiro atoms. The van der Waals surface area contributed by atoms with Crippen LogP contribution < -0.4 is 0 Å². The summed E-state index contributed by atoms with van der Waals surface area (Å²) < 4.78 is 0. The summed E-state index contributed by atoms with van der Waals surface area (Å²) in [6.45, 7) is 8.24. The lowest BCUT2D eigenvalue weighted by molar-refractivity contribution is -0.112. The molecule has 2 aromatic carbocycles. The molecule has 2 saturated heterocycles. The number of phenols is 1. The Morgan fingerprint density at radius 1 is 1.19 bits per heavy atom. The van der Waals surface area contributed by atoms with Crippen LogP contribution in [0.15, 0.2) is 48.8 Å². The van der Waals surface area contributed by atoms with Gasteiger partial charge in [0.05, 0.1) is 17.4 Å². The number of fused-ring (bicyclic) bond motifs is 1. The van der Waals surface area contributed by atoms with Crippen molar-refractivity contribution < 1.29 is 9.90 Å². The van der Waals surface area contributed by atoms with E-state index in [1.54, 1.807) is 18.5 Å². The van der Waals surface area contributed by atoms with Gasteiger partial charge in [0.2, 0.25) is 0 Å². The van der Waals surface area contributed by atoms with E-state index in [1.807, 2.05) is 23.1 Å². The first-order valence-corrected chi connectivity index (χ1v) is 11.2. The fourth-order valence-electron chi connectivity index (χ4n) is 5.55. The first-order valence-electron chi connectivity index (χ1n) is 11.2. The molecule has 6 heteroatoms. The number of benzene rings is 2. The van der Waals surface area contributed by atoms with Crippen LogP contribution in [0.5, 0.6) is 5.75 Å². The molecule has 0 aliphatic carbocycles. The van der Waals surface area contributed by atoms with Gasteiger partial charge in [-0.1, -0.05) is 26.0 Å². The number of hydrogen-bond acceptors (Lipinski definition) is 4. The van der Waals surface area contributed by atoms with Crippen molar-refractivity contribution in [2.45, 2.75) is 32.7 Å². The minimum Gasteiger partial charge on any atom is -0.508 e. The Kier molecular flexibility index (Phi) is 4.97. The van der Waals surface area contributed by atoms with Crippen molar-refractivity contribution in [2.75, 3.05) is 26.2 Å². The van der Waals surface area contributed by atoms with E-state index in [0.29, 0.717) is 17.7 Å². The molecular formula is C25H30N4O2. The lowest BCUT2D eigenvalue weighted by atomic mass is 9.63. The van der Waals surface area contributed by atoms with Gasteiger partial charge in [0.1, 0.15) is 5.75 Å². The van der Waals surface area contributed by atoms with Crippen molar-refractivity contribution in [1.82, 2.24) is 19.8 Å². The van der Waals surface area contributed by atoms with Crippen LogP contribution in [0.25, 0.3) is 11.0 Å². The van der Waals surface area contributed by atoms with Gasteiger partial charge < -0.3 is 15.0 Å². The Morgan fingerprint density at radius 2 is 1.94 bits per heavy atom. The molecule has 6 nitrogen and oxygen atoms in total. The van der Waals surface area contributed by atoms with Crippen LogP contribution in [0.3, 0.4) is 0 Å². The van der Waals surface area contributed by atoms with E-state index in [-0.39, 0.29) is 11.3 Å². The zero-order valence-corrected chi connectivity index (χ0v) is 18.2. The second-order valence-corrected chi connectivity index (χ2v) is 9.61. The minimum absolute atomic E-state index is 0.103. The number of hydrogen-bond donors (Lipinski definition) is 2. The normalized spacial score (nSPS) is 21.0. The number of nitrogens with one attached hydrogen (secondary N) is 1. The van der Waals surface area contributed by atoms with Crippen LogP contribution in [-0.4, -0.2) is 57.0 Å². The molecule has 2 N–H and O–H groups in total. The van der Waals surface area contributed by atoms with Gasteiger partial charge in [-0.3, -0.25) is 9.69 Å². The second-order valence-electron chi connectivity index (χ2n) is 9.61. The molecule has 3 heterocycles. The van der Waals surface area contributed by atoms with Gasteiger partial charge in [-0.25, -0.2) is 4.98 Å². The second kappa shape index (κ2) is 7.68. The number of carbonyl (C=O) groups excluding carboxylic acids is 1. The average Bonchev–Trinajstić information content (AvgIpc) is 3.22. The number of piperidine rings is 1. The van der Waals surface area contributed by atoms with E-state index in [9.17, 15) is 9.90 Å². The Labute approximate surface area is 182 Å². The predicted octanol–water partition coefficient (Wildman–Crippen LogP) is 4.20. The minimum atomic E-state index is 0.103. The highest BCUT2D eigenvalue weighted by atomic mass is 16.3. The van der Waals surface area contributed by atoms with Gasteiger partial charge in [0, 0.05) is 43.2 Å². The molecule has 0 radical (unpaired) electrons. The molecule has 2 aliphatic heterocycles. The fraction of sp³-hybridized carbons (Fsp3) is 0.440. The molecule has 1 unspecified atom stereocenters. The number of imidazole rings is 1. The van der Waals surface area contributed by atoms with E-state index in [2.05, 4.69) is 40.8 Å². The number of H-pyrrole nitrogens is 1. The van der Waals surface area contributed by atoms with Gasteiger partial charge in [0.15, 0.2) is 0 Å². The van der Waals surface area contributed by atoms with Crippen LogP contribution in [0.1, 0.15) is 48.7 Å². The summed E-state index contributed by atoms with van der Waals surface area (Å²) in [4.78, 5) is 25.0. The zero-order chi connectivity index (χ0) is 21.6. The number of phenolic OH excluding ortho intramolecular Hbond substituents is 1. The van der Waals surface area contributed by atoms with Crippen molar-refractivity contribution in [2.24, 2.45) is 11.3 Å². The molecule has 0 saturated carbocycles. The highest BCUT2D eigenvalue weighted by molar-refractivity contribution is 5.97. The molecule has 1 atom stereocenters. The van der Waals surface area contributed by atoms with E-state index in [1.165, 1.54) is 5.56 Å². The number of nitrogens with zero attached hydrogens (tertiary/aromatic N) is 3. The lowest BCUT2D eigenvalue weighted by Gasteiger charge is -2.61. The van der Waals surface area contributed by atoms with Crippen molar-refractivity contribution in [3.05, 3.63) is 59.9 Å². The zero-order valence-electron chi connectivity index (χ0n) is 18.2. The molecule has 2 aliphatic rings. The molecule has 31 heavy (non-hydrogen) atoms. The molecule has 3 aromatic rings. The third-order valence-corrected chi connectivity index (χ3v) is 6.99. The maximum Gasteiger partial charge on any atom is 0.253 e. The summed E-state index contributed by atoms with van der Waals surface area (Å²) in [5.41, 5.74) is 3.98. The quantitative estimate of drug-likeness (QED) is 0.666. The van der Waals surface area contributed by atoms with Crippen LogP contribution in [-0.2, 0) is 0 Å². The first kappa shape index (κ1) is 20.1. The highest BCUT2D eigenvalue weighted by Crippen LogP contribution is 2.55. The number of amides is 1.